The van der Waals surface area contributed by atoms with E-state index in [2.05, 4.69) is 4.74 Å². The number of halogens is 1. The van der Waals surface area contributed by atoms with Crippen LogP contribution in [0.5, 0.6) is 11.5 Å². The summed E-state index contributed by atoms with van der Waals surface area (Å²) >= 11 is 2.04. The third-order valence-electron chi connectivity index (χ3n) is 2.21. The SMILES string of the molecule is COC(=O)c1cc(I)c(N)c2c1OCCO2. The van der Waals surface area contributed by atoms with Gasteiger partial charge in [0.1, 0.15) is 18.8 Å². The van der Waals surface area contributed by atoms with Gasteiger partial charge >= 0.3 is 5.97 Å². The van der Waals surface area contributed by atoms with Crippen molar-refractivity contribution in [2.24, 2.45) is 0 Å². The van der Waals surface area contributed by atoms with Gasteiger partial charge in [-0.25, -0.2) is 4.79 Å². The van der Waals surface area contributed by atoms with Crippen LogP contribution in [-0.2, 0) is 4.74 Å². The molecule has 0 atom stereocenters. The number of benzene rings is 1. The van der Waals surface area contributed by atoms with E-state index < -0.39 is 5.97 Å². The number of carbonyl (C=O) groups is 1. The fraction of sp³-hybridized carbons (Fsp3) is 0.300. The van der Waals surface area contributed by atoms with E-state index >= 15 is 0 Å². The molecular weight excluding hydrogens is 325 g/mol. The van der Waals surface area contributed by atoms with Crippen LogP contribution in [-0.4, -0.2) is 26.3 Å². The number of fused-ring (bicyclic) bond motifs is 1. The lowest BCUT2D eigenvalue weighted by molar-refractivity contribution is 0.0590. The first kappa shape index (κ1) is 11.3. The van der Waals surface area contributed by atoms with Gasteiger partial charge in [0.25, 0.3) is 0 Å². The number of nitrogen functional groups attached to an aromatic ring is 1. The van der Waals surface area contributed by atoms with Crippen molar-refractivity contribution in [2.75, 3.05) is 26.1 Å². The largest absolute Gasteiger partial charge is 0.485 e. The third kappa shape index (κ3) is 1.77. The zero-order valence-electron chi connectivity index (χ0n) is 8.58. The third-order valence-corrected chi connectivity index (χ3v) is 3.10. The Hall–Kier alpha value is -1.18. The van der Waals surface area contributed by atoms with Crippen LogP contribution in [0, 0.1) is 3.57 Å². The quantitative estimate of drug-likeness (QED) is 0.478. The maximum atomic E-state index is 11.5. The number of rotatable bonds is 1. The van der Waals surface area contributed by atoms with Gasteiger partial charge in [-0.1, -0.05) is 0 Å². The molecule has 0 unspecified atom stereocenters. The van der Waals surface area contributed by atoms with Crippen molar-refractivity contribution < 1.29 is 19.0 Å². The molecule has 16 heavy (non-hydrogen) atoms. The molecule has 0 amide bonds. The highest BCUT2D eigenvalue weighted by Crippen LogP contribution is 2.41. The highest BCUT2D eigenvalue weighted by molar-refractivity contribution is 14.1. The molecule has 0 aliphatic carbocycles. The molecule has 0 radical (unpaired) electrons. The zero-order chi connectivity index (χ0) is 11.7. The van der Waals surface area contributed by atoms with E-state index in [0.29, 0.717) is 36.0 Å². The van der Waals surface area contributed by atoms with Gasteiger partial charge in [-0.2, -0.15) is 0 Å². The summed E-state index contributed by atoms with van der Waals surface area (Å²) in [7, 11) is 1.32. The molecule has 0 spiro atoms. The van der Waals surface area contributed by atoms with Gasteiger partial charge < -0.3 is 19.9 Å². The first-order valence-electron chi connectivity index (χ1n) is 4.61. The Labute approximate surface area is 106 Å². The maximum absolute atomic E-state index is 11.5. The topological polar surface area (TPSA) is 70.8 Å². The van der Waals surface area contributed by atoms with Gasteiger partial charge in [-0.05, 0) is 28.7 Å². The number of hydrogen-bond donors (Lipinski definition) is 1. The molecular formula is C10H10INO4. The number of anilines is 1. The van der Waals surface area contributed by atoms with Crippen LogP contribution in [0.4, 0.5) is 5.69 Å². The average molecular weight is 335 g/mol. The van der Waals surface area contributed by atoms with Gasteiger partial charge in [0.05, 0.1) is 12.8 Å². The second kappa shape index (κ2) is 4.36. The normalized spacial score (nSPS) is 13.4. The van der Waals surface area contributed by atoms with Crippen molar-refractivity contribution in [1.29, 1.82) is 0 Å². The fourth-order valence-electron chi connectivity index (χ4n) is 1.46. The Morgan fingerprint density at radius 3 is 2.69 bits per heavy atom. The first-order valence-corrected chi connectivity index (χ1v) is 5.69. The van der Waals surface area contributed by atoms with Crippen LogP contribution in [0.1, 0.15) is 10.4 Å². The highest BCUT2D eigenvalue weighted by Gasteiger charge is 2.25. The molecule has 1 heterocycles. The average Bonchev–Trinajstić information content (AvgIpc) is 2.33. The summed E-state index contributed by atoms with van der Waals surface area (Å²) < 4.78 is 16.2. The number of nitrogens with two attached hydrogens (primary N) is 1. The van der Waals surface area contributed by atoms with Crippen LogP contribution in [0.2, 0.25) is 0 Å². The molecule has 0 bridgehead atoms. The van der Waals surface area contributed by atoms with Crippen molar-refractivity contribution in [2.45, 2.75) is 0 Å². The molecule has 0 fully saturated rings. The first-order chi connectivity index (χ1) is 7.65. The minimum Gasteiger partial charge on any atom is -0.485 e. The van der Waals surface area contributed by atoms with E-state index in [9.17, 15) is 4.79 Å². The maximum Gasteiger partial charge on any atom is 0.341 e. The second-order valence-corrected chi connectivity index (χ2v) is 4.33. The van der Waals surface area contributed by atoms with Crippen molar-refractivity contribution in [3.63, 3.8) is 0 Å². The van der Waals surface area contributed by atoms with Gasteiger partial charge in [0.15, 0.2) is 11.5 Å². The van der Waals surface area contributed by atoms with Crippen molar-refractivity contribution in [3.05, 3.63) is 15.2 Å². The van der Waals surface area contributed by atoms with E-state index in [-0.39, 0.29) is 0 Å². The van der Waals surface area contributed by atoms with E-state index in [1.807, 2.05) is 22.6 Å². The van der Waals surface area contributed by atoms with Crippen molar-refractivity contribution in [3.8, 4) is 11.5 Å². The molecule has 6 heteroatoms. The number of ether oxygens (including phenoxy) is 3. The van der Waals surface area contributed by atoms with Crippen molar-refractivity contribution >= 4 is 34.2 Å². The Bertz CT molecular complexity index is 447. The minimum atomic E-state index is -0.459. The summed E-state index contributed by atoms with van der Waals surface area (Å²) in [5.74, 6) is 0.342. The minimum absolute atomic E-state index is 0.343. The molecule has 86 valence electrons. The van der Waals surface area contributed by atoms with E-state index in [4.69, 9.17) is 15.2 Å². The molecule has 0 saturated heterocycles. The van der Waals surface area contributed by atoms with Gasteiger partial charge in [-0.15, -0.1) is 0 Å². The van der Waals surface area contributed by atoms with Crippen LogP contribution in [0.3, 0.4) is 0 Å². The summed E-state index contributed by atoms with van der Waals surface area (Å²) in [5, 5.41) is 0. The van der Waals surface area contributed by atoms with Gasteiger partial charge in [0, 0.05) is 3.57 Å². The lowest BCUT2D eigenvalue weighted by Gasteiger charge is -2.22. The Morgan fingerprint density at radius 2 is 2.06 bits per heavy atom. The lowest BCUT2D eigenvalue weighted by atomic mass is 10.1. The highest BCUT2D eigenvalue weighted by atomic mass is 127. The predicted molar refractivity (Wildman–Crippen MR) is 65.9 cm³/mol. The molecule has 1 aromatic carbocycles. The molecule has 1 aliphatic heterocycles. The molecule has 5 nitrogen and oxygen atoms in total. The molecule has 0 aromatic heterocycles. The standard InChI is InChI=1S/C10H10INO4/c1-14-10(13)5-4-6(11)7(12)9-8(5)15-2-3-16-9/h4H,2-3,12H2,1H3. The predicted octanol–water partition coefficient (Wildman–Crippen LogP) is 1.43. The van der Waals surface area contributed by atoms with Crippen LogP contribution in [0.15, 0.2) is 6.07 Å². The summed E-state index contributed by atoms with van der Waals surface area (Å²) in [5.41, 5.74) is 6.68. The number of methoxy groups -OCH3 is 1. The monoisotopic (exact) mass is 335 g/mol. The summed E-state index contributed by atoms with van der Waals surface area (Å²) in [6, 6.07) is 1.63. The summed E-state index contributed by atoms with van der Waals surface area (Å²) in [6.07, 6.45) is 0. The molecule has 0 saturated carbocycles. The Balaban J connectivity index is 2.61. The van der Waals surface area contributed by atoms with Crippen LogP contribution >= 0.6 is 22.6 Å². The van der Waals surface area contributed by atoms with Crippen molar-refractivity contribution in [1.82, 2.24) is 0 Å². The van der Waals surface area contributed by atoms with Gasteiger partial charge in [-0.3, -0.25) is 0 Å². The number of carbonyl (C=O) groups excluding carboxylic acids is 1. The Kier molecular flexibility index (Phi) is 3.08. The van der Waals surface area contributed by atoms with E-state index in [0.717, 1.165) is 3.57 Å². The second-order valence-electron chi connectivity index (χ2n) is 3.17. The lowest BCUT2D eigenvalue weighted by Crippen LogP contribution is -2.20. The number of hydrogen-bond acceptors (Lipinski definition) is 5. The Morgan fingerprint density at radius 1 is 1.44 bits per heavy atom. The van der Waals surface area contributed by atoms with Gasteiger partial charge in [0.2, 0.25) is 0 Å². The number of esters is 1. The summed E-state index contributed by atoms with van der Waals surface area (Å²) in [4.78, 5) is 11.5. The fourth-order valence-corrected chi connectivity index (χ4v) is 2.02. The zero-order valence-corrected chi connectivity index (χ0v) is 10.7. The van der Waals surface area contributed by atoms with E-state index in [1.165, 1.54) is 7.11 Å². The van der Waals surface area contributed by atoms with Crippen LogP contribution in [0.25, 0.3) is 0 Å². The van der Waals surface area contributed by atoms with Crippen LogP contribution < -0.4 is 15.2 Å². The molecule has 1 aromatic rings. The molecule has 2 rings (SSSR count). The molecule has 1 aliphatic rings. The molecule has 2 N–H and O–H groups in total. The summed E-state index contributed by atoms with van der Waals surface area (Å²) in [6.45, 7) is 0.828. The van der Waals surface area contributed by atoms with E-state index in [1.54, 1.807) is 6.07 Å². The smallest absolute Gasteiger partial charge is 0.341 e.